The van der Waals surface area contributed by atoms with E-state index in [1.54, 1.807) is 0 Å². The number of benzene rings is 1. The number of piperidine rings is 1. The molecule has 3 atom stereocenters. The lowest BCUT2D eigenvalue weighted by Gasteiger charge is -2.52. The van der Waals surface area contributed by atoms with Gasteiger partial charge in [-0.05, 0) is 54.5 Å². The number of phenols is 1. The van der Waals surface area contributed by atoms with Crippen LogP contribution in [0.2, 0.25) is 0 Å². The van der Waals surface area contributed by atoms with Gasteiger partial charge in [0.25, 0.3) is 0 Å². The smallest absolute Gasteiger partial charge is 0.115 e. The number of nitrogens with zero attached hydrogens (tertiary/aromatic N) is 1. The molecule has 0 spiro atoms. The van der Waals surface area contributed by atoms with Crippen molar-refractivity contribution in [3.8, 4) is 5.75 Å². The van der Waals surface area contributed by atoms with Crippen LogP contribution in [0.3, 0.4) is 0 Å². The van der Waals surface area contributed by atoms with Gasteiger partial charge in [-0.15, -0.1) is 0 Å². The molecule has 1 aromatic carbocycles. The molecule has 0 amide bonds. The van der Waals surface area contributed by atoms with Gasteiger partial charge in [-0.1, -0.05) is 19.9 Å². The number of likely N-dealkylation sites (tertiary alicyclic amines) is 1. The molecule has 1 N–H and O–H groups in total. The standard InChI is InChI=1S/C15H21NO/c1-10-9-16(3)12-6-11-4-5-13(17)7-14(11)15(10,2)8-12/h4-5,7,10,12,17H,6,8-9H2,1-3H3/t10?,12?,15-/m0/s1. The highest BCUT2D eigenvalue weighted by atomic mass is 16.3. The second-order valence-electron chi connectivity index (χ2n) is 6.16. The Bertz CT molecular complexity index is 456. The van der Waals surface area contributed by atoms with E-state index in [4.69, 9.17) is 0 Å². The maximum absolute atomic E-state index is 9.73. The summed E-state index contributed by atoms with van der Waals surface area (Å²) in [6.07, 6.45) is 2.36. The van der Waals surface area contributed by atoms with Crippen LogP contribution in [0.1, 0.15) is 31.4 Å². The van der Waals surface area contributed by atoms with Gasteiger partial charge >= 0.3 is 0 Å². The number of hydrogen-bond acceptors (Lipinski definition) is 2. The highest BCUT2D eigenvalue weighted by Crippen LogP contribution is 2.47. The summed E-state index contributed by atoms with van der Waals surface area (Å²) in [5.41, 5.74) is 3.05. The Morgan fingerprint density at radius 3 is 2.94 bits per heavy atom. The van der Waals surface area contributed by atoms with Gasteiger partial charge in [0, 0.05) is 12.6 Å². The molecule has 2 aliphatic rings. The number of hydrogen-bond donors (Lipinski definition) is 1. The number of fused-ring (bicyclic) bond motifs is 4. The molecule has 1 saturated heterocycles. The molecule has 3 rings (SSSR count). The first-order chi connectivity index (χ1) is 8.00. The number of likely N-dealkylation sites (N-methyl/N-ethyl adjacent to an activating group) is 1. The number of phenolic OH excluding ortho intramolecular Hbond substituents is 1. The Labute approximate surface area is 103 Å². The lowest BCUT2D eigenvalue weighted by atomic mass is 9.60. The predicted octanol–water partition coefficient (Wildman–Crippen LogP) is 2.55. The molecule has 0 radical (unpaired) electrons. The fourth-order valence-corrected chi connectivity index (χ4v) is 3.76. The van der Waals surface area contributed by atoms with Crippen molar-refractivity contribution in [1.82, 2.24) is 4.90 Å². The summed E-state index contributed by atoms with van der Waals surface area (Å²) in [6.45, 7) is 5.87. The molecule has 1 aliphatic heterocycles. The maximum atomic E-state index is 9.73. The minimum Gasteiger partial charge on any atom is -0.508 e. The summed E-state index contributed by atoms with van der Waals surface area (Å²) >= 11 is 0. The first-order valence-electron chi connectivity index (χ1n) is 6.53. The van der Waals surface area contributed by atoms with Gasteiger partial charge in [0.1, 0.15) is 5.75 Å². The Kier molecular flexibility index (Phi) is 2.27. The third-order valence-electron chi connectivity index (χ3n) is 5.10. The van der Waals surface area contributed by atoms with E-state index in [1.807, 2.05) is 12.1 Å². The van der Waals surface area contributed by atoms with Gasteiger partial charge in [0.15, 0.2) is 0 Å². The van der Waals surface area contributed by atoms with Gasteiger partial charge < -0.3 is 10.0 Å². The molecule has 2 nitrogen and oxygen atoms in total. The van der Waals surface area contributed by atoms with Crippen molar-refractivity contribution >= 4 is 0 Å². The molecular weight excluding hydrogens is 210 g/mol. The highest BCUT2D eigenvalue weighted by Gasteiger charge is 2.45. The molecule has 92 valence electrons. The zero-order valence-corrected chi connectivity index (χ0v) is 10.9. The van der Waals surface area contributed by atoms with Gasteiger partial charge in [0.2, 0.25) is 0 Å². The van der Waals surface area contributed by atoms with Crippen LogP contribution in [-0.4, -0.2) is 29.6 Å². The van der Waals surface area contributed by atoms with E-state index >= 15 is 0 Å². The highest BCUT2D eigenvalue weighted by molar-refractivity contribution is 5.43. The van der Waals surface area contributed by atoms with Gasteiger partial charge in [-0.25, -0.2) is 0 Å². The molecule has 2 unspecified atom stereocenters. The van der Waals surface area contributed by atoms with Gasteiger partial charge in [-0.2, -0.15) is 0 Å². The summed E-state index contributed by atoms with van der Waals surface area (Å²) in [4.78, 5) is 2.50. The topological polar surface area (TPSA) is 23.5 Å². The molecule has 2 heteroatoms. The first kappa shape index (κ1) is 11.1. The third-order valence-corrected chi connectivity index (χ3v) is 5.10. The van der Waals surface area contributed by atoms with E-state index in [0.29, 0.717) is 17.7 Å². The number of rotatable bonds is 0. The minimum atomic E-state index is 0.240. The molecule has 1 aliphatic carbocycles. The van der Waals surface area contributed by atoms with E-state index in [1.165, 1.54) is 17.5 Å². The Balaban J connectivity index is 2.15. The van der Waals surface area contributed by atoms with Gasteiger partial charge in [-0.3, -0.25) is 0 Å². The zero-order valence-electron chi connectivity index (χ0n) is 10.9. The Morgan fingerprint density at radius 2 is 2.18 bits per heavy atom. The monoisotopic (exact) mass is 231 g/mol. The fourth-order valence-electron chi connectivity index (χ4n) is 3.76. The molecule has 0 aromatic heterocycles. The molecular formula is C15H21NO. The van der Waals surface area contributed by atoms with E-state index in [2.05, 4.69) is 31.9 Å². The van der Waals surface area contributed by atoms with Crippen LogP contribution in [0.25, 0.3) is 0 Å². The van der Waals surface area contributed by atoms with Crippen molar-refractivity contribution in [3.05, 3.63) is 29.3 Å². The van der Waals surface area contributed by atoms with Crippen LogP contribution in [0.5, 0.6) is 5.75 Å². The lowest BCUT2D eigenvalue weighted by molar-refractivity contribution is 0.0640. The van der Waals surface area contributed by atoms with Crippen LogP contribution in [-0.2, 0) is 11.8 Å². The normalized spacial score (nSPS) is 36.6. The maximum Gasteiger partial charge on any atom is 0.115 e. The van der Waals surface area contributed by atoms with Crippen molar-refractivity contribution in [2.75, 3.05) is 13.6 Å². The zero-order chi connectivity index (χ0) is 12.2. The van der Waals surface area contributed by atoms with Crippen molar-refractivity contribution in [1.29, 1.82) is 0 Å². The van der Waals surface area contributed by atoms with E-state index in [-0.39, 0.29) is 5.41 Å². The van der Waals surface area contributed by atoms with E-state index in [9.17, 15) is 5.11 Å². The van der Waals surface area contributed by atoms with Crippen LogP contribution in [0.4, 0.5) is 0 Å². The Morgan fingerprint density at radius 1 is 1.41 bits per heavy atom. The largest absolute Gasteiger partial charge is 0.508 e. The lowest BCUT2D eigenvalue weighted by Crippen LogP contribution is -2.54. The van der Waals surface area contributed by atoms with E-state index in [0.717, 1.165) is 13.0 Å². The first-order valence-corrected chi connectivity index (χ1v) is 6.53. The average molecular weight is 231 g/mol. The van der Waals surface area contributed by atoms with Crippen LogP contribution in [0.15, 0.2) is 18.2 Å². The summed E-state index contributed by atoms with van der Waals surface area (Å²) in [5.74, 6) is 1.05. The molecule has 0 saturated carbocycles. The van der Waals surface area contributed by atoms with Gasteiger partial charge in [0.05, 0.1) is 0 Å². The fraction of sp³-hybridized carbons (Fsp3) is 0.600. The van der Waals surface area contributed by atoms with Crippen molar-refractivity contribution in [3.63, 3.8) is 0 Å². The predicted molar refractivity (Wildman–Crippen MR) is 69.4 cm³/mol. The minimum absolute atomic E-state index is 0.240. The van der Waals surface area contributed by atoms with Crippen LogP contribution < -0.4 is 0 Å². The second kappa shape index (κ2) is 3.49. The summed E-state index contributed by atoms with van der Waals surface area (Å²) in [6, 6.07) is 6.61. The summed E-state index contributed by atoms with van der Waals surface area (Å²) < 4.78 is 0. The van der Waals surface area contributed by atoms with E-state index < -0.39 is 0 Å². The molecule has 17 heavy (non-hydrogen) atoms. The SMILES string of the molecule is CC1CN(C)C2Cc3ccc(O)cc3[C@@]1(C)C2. The second-order valence-corrected chi connectivity index (χ2v) is 6.16. The quantitative estimate of drug-likeness (QED) is 0.741. The van der Waals surface area contributed by atoms with Crippen molar-refractivity contribution in [2.45, 2.75) is 38.1 Å². The van der Waals surface area contributed by atoms with Crippen molar-refractivity contribution in [2.24, 2.45) is 5.92 Å². The molecule has 1 fully saturated rings. The van der Waals surface area contributed by atoms with Crippen LogP contribution >= 0.6 is 0 Å². The third kappa shape index (κ3) is 1.50. The summed E-state index contributed by atoms with van der Waals surface area (Å²) in [7, 11) is 2.24. The van der Waals surface area contributed by atoms with Crippen molar-refractivity contribution < 1.29 is 5.11 Å². The molecule has 1 aromatic rings. The average Bonchev–Trinajstić information content (AvgIpc) is 2.28. The Hall–Kier alpha value is -1.02. The number of aromatic hydroxyl groups is 1. The summed E-state index contributed by atoms with van der Waals surface area (Å²) in [5, 5.41) is 9.73. The molecule has 2 bridgehead atoms. The van der Waals surface area contributed by atoms with Crippen LogP contribution in [0, 0.1) is 5.92 Å². The molecule has 1 heterocycles.